The van der Waals surface area contributed by atoms with Crippen molar-refractivity contribution in [3.05, 3.63) is 29.6 Å². The van der Waals surface area contributed by atoms with Crippen LogP contribution in [0.4, 0.5) is 4.39 Å². The van der Waals surface area contributed by atoms with Crippen molar-refractivity contribution < 1.29 is 13.9 Å². The van der Waals surface area contributed by atoms with Crippen LogP contribution in [0, 0.1) is 5.82 Å². The molecule has 0 N–H and O–H groups in total. The van der Waals surface area contributed by atoms with Crippen molar-refractivity contribution in [2.24, 2.45) is 0 Å². The minimum Gasteiger partial charge on any atom is -0.487 e. The highest BCUT2D eigenvalue weighted by Crippen LogP contribution is 2.32. The van der Waals surface area contributed by atoms with Gasteiger partial charge in [0.05, 0.1) is 6.61 Å². The summed E-state index contributed by atoms with van der Waals surface area (Å²) in [4.78, 5) is 0. The van der Waals surface area contributed by atoms with Crippen LogP contribution in [0.1, 0.15) is 25.8 Å². The molecule has 2 heterocycles. The molecule has 1 aromatic rings. The van der Waals surface area contributed by atoms with Gasteiger partial charge in [0.1, 0.15) is 23.8 Å². The van der Waals surface area contributed by atoms with Gasteiger partial charge in [0.25, 0.3) is 0 Å². The zero-order valence-electron chi connectivity index (χ0n) is 9.70. The van der Waals surface area contributed by atoms with E-state index in [1.165, 1.54) is 6.07 Å². The Kier molecular flexibility index (Phi) is 3.44. The molecule has 2 atom stereocenters. The molecule has 16 heavy (non-hydrogen) atoms. The predicted octanol–water partition coefficient (Wildman–Crippen LogP) is 2.94. The molecule has 1 saturated heterocycles. The van der Waals surface area contributed by atoms with Crippen LogP contribution in [0.15, 0.2) is 18.2 Å². The van der Waals surface area contributed by atoms with Gasteiger partial charge >= 0.3 is 0 Å². The van der Waals surface area contributed by atoms with E-state index in [1.54, 1.807) is 12.1 Å². The van der Waals surface area contributed by atoms with Crippen LogP contribution in [-0.2, 0) is 11.2 Å². The highest BCUT2D eigenvalue weighted by molar-refractivity contribution is 5.36. The summed E-state index contributed by atoms with van der Waals surface area (Å²) in [6.07, 6.45) is 2.26. The number of ether oxygens (including phenoxy) is 2. The van der Waals surface area contributed by atoms with Crippen molar-refractivity contribution in [2.75, 3.05) is 6.61 Å². The first-order valence-corrected chi connectivity index (χ1v) is 5.89. The van der Waals surface area contributed by atoms with Gasteiger partial charge in [-0.2, -0.15) is 0 Å². The van der Waals surface area contributed by atoms with Gasteiger partial charge in [0.2, 0.25) is 0 Å². The molecular weight excluding hydrogens is 207 g/mol. The topological polar surface area (TPSA) is 21.8 Å². The standard InChI is InChI=1S/C11H11FO2.C2H6/c12-8-2-4-9-7(5-8)1-3-10(14-9)11-6-13-11;1-2/h2,4-5,10-11H,1,3,6H2;1-2H3. The Morgan fingerprint density at radius 3 is 2.69 bits per heavy atom. The number of fused-ring (bicyclic) bond motifs is 1. The first-order valence-electron chi connectivity index (χ1n) is 5.89. The van der Waals surface area contributed by atoms with Crippen molar-refractivity contribution in [3.63, 3.8) is 0 Å². The van der Waals surface area contributed by atoms with E-state index in [2.05, 4.69) is 0 Å². The molecule has 2 unspecified atom stereocenters. The molecular formula is C13H17FO2. The molecule has 3 rings (SSSR count). The third-order valence-electron chi connectivity index (χ3n) is 2.77. The van der Waals surface area contributed by atoms with Crippen LogP contribution >= 0.6 is 0 Å². The highest BCUT2D eigenvalue weighted by Gasteiger charge is 2.36. The van der Waals surface area contributed by atoms with E-state index in [1.807, 2.05) is 13.8 Å². The molecule has 0 radical (unpaired) electrons. The lowest BCUT2D eigenvalue weighted by atomic mass is 10.0. The molecule has 3 heteroatoms. The van der Waals surface area contributed by atoms with Gasteiger partial charge in [0.15, 0.2) is 0 Å². The van der Waals surface area contributed by atoms with E-state index in [0.717, 1.165) is 30.8 Å². The first-order chi connectivity index (χ1) is 7.83. The number of epoxide rings is 1. The molecule has 0 saturated carbocycles. The Balaban J connectivity index is 0.000000457. The Morgan fingerprint density at radius 1 is 1.25 bits per heavy atom. The second-order valence-corrected chi connectivity index (χ2v) is 3.82. The summed E-state index contributed by atoms with van der Waals surface area (Å²) in [6, 6.07) is 4.70. The first kappa shape index (κ1) is 11.4. The molecule has 2 aliphatic heterocycles. The molecule has 1 fully saturated rings. The number of rotatable bonds is 1. The number of hydrogen-bond donors (Lipinski definition) is 0. The Morgan fingerprint density at radius 2 is 2.00 bits per heavy atom. The Labute approximate surface area is 95.4 Å². The van der Waals surface area contributed by atoms with Gasteiger partial charge in [0, 0.05) is 0 Å². The summed E-state index contributed by atoms with van der Waals surface area (Å²) in [5.74, 6) is 0.631. The quantitative estimate of drug-likeness (QED) is 0.684. The molecule has 0 aromatic heterocycles. The second kappa shape index (κ2) is 4.83. The third-order valence-corrected chi connectivity index (χ3v) is 2.77. The van der Waals surface area contributed by atoms with E-state index in [9.17, 15) is 4.39 Å². The van der Waals surface area contributed by atoms with Gasteiger partial charge in [-0.05, 0) is 36.6 Å². The molecule has 2 nitrogen and oxygen atoms in total. The average Bonchev–Trinajstić information content (AvgIpc) is 3.15. The summed E-state index contributed by atoms with van der Waals surface area (Å²) in [7, 11) is 0. The van der Waals surface area contributed by atoms with Gasteiger partial charge < -0.3 is 9.47 Å². The normalized spacial score (nSPS) is 25.9. The molecule has 88 valence electrons. The molecule has 0 spiro atoms. The lowest BCUT2D eigenvalue weighted by Gasteiger charge is -2.24. The van der Waals surface area contributed by atoms with E-state index < -0.39 is 0 Å². The van der Waals surface area contributed by atoms with E-state index in [-0.39, 0.29) is 18.0 Å². The van der Waals surface area contributed by atoms with Crippen molar-refractivity contribution in [2.45, 2.75) is 38.9 Å². The van der Waals surface area contributed by atoms with E-state index in [4.69, 9.17) is 9.47 Å². The van der Waals surface area contributed by atoms with Crippen LogP contribution in [0.25, 0.3) is 0 Å². The average molecular weight is 224 g/mol. The van der Waals surface area contributed by atoms with Gasteiger partial charge in [-0.15, -0.1) is 0 Å². The number of benzene rings is 1. The fraction of sp³-hybridized carbons (Fsp3) is 0.538. The summed E-state index contributed by atoms with van der Waals surface area (Å²) in [5.41, 5.74) is 0.974. The fourth-order valence-electron chi connectivity index (χ4n) is 1.91. The number of aryl methyl sites for hydroxylation is 1. The number of hydrogen-bond acceptors (Lipinski definition) is 2. The predicted molar refractivity (Wildman–Crippen MR) is 60.2 cm³/mol. The largest absolute Gasteiger partial charge is 0.487 e. The van der Waals surface area contributed by atoms with Crippen LogP contribution in [-0.4, -0.2) is 18.8 Å². The Hall–Kier alpha value is -1.09. The van der Waals surface area contributed by atoms with Gasteiger partial charge in [-0.1, -0.05) is 13.8 Å². The third kappa shape index (κ3) is 2.35. The molecule has 0 bridgehead atoms. The minimum atomic E-state index is -0.187. The summed E-state index contributed by atoms with van der Waals surface area (Å²) < 4.78 is 23.8. The Bertz CT molecular complexity index is 361. The van der Waals surface area contributed by atoms with Crippen LogP contribution in [0.5, 0.6) is 5.75 Å². The summed E-state index contributed by atoms with van der Waals surface area (Å²) in [5, 5.41) is 0. The lowest BCUT2D eigenvalue weighted by Crippen LogP contribution is -2.27. The van der Waals surface area contributed by atoms with Crippen molar-refractivity contribution in [3.8, 4) is 5.75 Å². The highest BCUT2D eigenvalue weighted by atomic mass is 19.1. The van der Waals surface area contributed by atoms with Gasteiger partial charge in [-0.25, -0.2) is 4.39 Å². The van der Waals surface area contributed by atoms with Crippen molar-refractivity contribution >= 4 is 0 Å². The molecule has 0 amide bonds. The van der Waals surface area contributed by atoms with E-state index >= 15 is 0 Å². The van der Waals surface area contributed by atoms with Crippen molar-refractivity contribution in [1.29, 1.82) is 0 Å². The molecule has 1 aromatic carbocycles. The maximum atomic E-state index is 12.9. The smallest absolute Gasteiger partial charge is 0.127 e. The van der Waals surface area contributed by atoms with E-state index in [0.29, 0.717) is 0 Å². The van der Waals surface area contributed by atoms with Gasteiger partial charge in [-0.3, -0.25) is 0 Å². The van der Waals surface area contributed by atoms with Crippen molar-refractivity contribution in [1.82, 2.24) is 0 Å². The number of halogens is 1. The SMILES string of the molecule is CC.Fc1ccc2c(c1)CCC(C1CO1)O2. The summed E-state index contributed by atoms with van der Waals surface area (Å²) >= 11 is 0. The lowest BCUT2D eigenvalue weighted by molar-refractivity contribution is 0.136. The zero-order valence-corrected chi connectivity index (χ0v) is 9.70. The van der Waals surface area contributed by atoms with Crippen LogP contribution in [0.2, 0.25) is 0 Å². The minimum absolute atomic E-state index is 0.174. The maximum absolute atomic E-state index is 12.9. The van der Waals surface area contributed by atoms with Crippen LogP contribution < -0.4 is 4.74 Å². The molecule has 0 aliphatic carbocycles. The molecule has 2 aliphatic rings. The monoisotopic (exact) mass is 224 g/mol. The fourth-order valence-corrected chi connectivity index (χ4v) is 1.91. The zero-order chi connectivity index (χ0) is 11.5. The maximum Gasteiger partial charge on any atom is 0.127 e. The summed E-state index contributed by atoms with van der Waals surface area (Å²) in [6.45, 7) is 4.81. The second-order valence-electron chi connectivity index (χ2n) is 3.82. The van der Waals surface area contributed by atoms with Crippen LogP contribution in [0.3, 0.4) is 0 Å².